The number of nitrogens with zero attached hydrogens (tertiary/aromatic N) is 3. The number of carbonyl (C=O) groups excluding carboxylic acids is 1. The highest BCUT2D eigenvalue weighted by molar-refractivity contribution is 5.95. The van der Waals surface area contributed by atoms with E-state index in [4.69, 9.17) is 0 Å². The van der Waals surface area contributed by atoms with E-state index >= 15 is 0 Å². The number of hydrogen-bond acceptors (Lipinski definition) is 4. The van der Waals surface area contributed by atoms with Crippen molar-refractivity contribution >= 4 is 5.91 Å². The minimum absolute atomic E-state index is 0.00118. The Morgan fingerprint density at radius 1 is 1.33 bits per heavy atom. The van der Waals surface area contributed by atoms with Crippen molar-refractivity contribution in [2.45, 2.75) is 58.4 Å². The highest BCUT2D eigenvalue weighted by Crippen LogP contribution is 2.24. The highest BCUT2D eigenvalue weighted by Gasteiger charge is 2.27. The highest BCUT2D eigenvalue weighted by atomic mass is 16.3. The first-order chi connectivity index (χ1) is 10.2. The van der Waals surface area contributed by atoms with Gasteiger partial charge in [-0.15, -0.1) is 0 Å². The van der Waals surface area contributed by atoms with Crippen molar-refractivity contribution in [3.8, 4) is 0 Å². The van der Waals surface area contributed by atoms with E-state index in [-0.39, 0.29) is 18.6 Å². The molecule has 5 nitrogen and oxygen atoms in total. The van der Waals surface area contributed by atoms with Gasteiger partial charge < -0.3 is 10.0 Å². The second kappa shape index (κ2) is 7.50. The molecule has 0 radical (unpaired) electrons. The Morgan fingerprint density at radius 3 is 2.67 bits per heavy atom. The van der Waals surface area contributed by atoms with Gasteiger partial charge in [0.1, 0.15) is 0 Å². The smallest absolute Gasteiger partial charge is 0.256 e. The van der Waals surface area contributed by atoms with E-state index in [1.807, 2.05) is 24.8 Å². The molecular weight excluding hydrogens is 266 g/mol. The molecule has 0 atom stereocenters. The number of aliphatic hydroxyl groups excluding tert-OH is 1. The summed E-state index contributed by atoms with van der Waals surface area (Å²) in [6.07, 6.45) is 6.32. The fraction of sp³-hybridized carbons (Fsp3) is 0.688. The van der Waals surface area contributed by atoms with Crippen molar-refractivity contribution in [2.24, 2.45) is 0 Å². The molecule has 0 spiro atoms. The van der Waals surface area contributed by atoms with Gasteiger partial charge in [0.05, 0.1) is 23.6 Å². The van der Waals surface area contributed by atoms with Crippen molar-refractivity contribution in [3.05, 3.63) is 23.0 Å². The first-order valence-corrected chi connectivity index (χ1v) is 7.92. The lowest BCUT2D eigenvalue weighted by atomic mass is 9.93. The Hall–Kier alpha value is -1.49. The predicted octanol–water partition coefficient (Wildman–Crippen LogP) is 2.11. The maximum atomic E-state index is 12.9. The molecule has 0 bridgehead atoms. The van der Waals surface area contributed by atoms with E-state index in [0.717, 1.165) is 37.1 Å². The zero-order chi connectivity index (χ0) is 15.2. The molecule has 1 aromatic rings. The third-order valence-electron chi connectivity index (χ3n) is 4.18. The maximum Gasteiger partial charge on any atom is 0.256 e. The number of carbonyl (C=O) groups is 1. The van der Waals surface area contributed by atoms with Crippen LogP contribution in [0.5, 0.6) is 0 Å². The van der Waals surface area contributed by atoms with Crippen LogP contribution >= 0.6 is 0 Å². The molecule has 1 saturated carbocycles. The first-order valence-electron chi connectivity index (χ1n) is 7.92. The van der Waals surface area contributed by atoms with Crippen molar-refractivity contribution in [1.82, 2.24) is 15.1 Å². The zero-order valence-corrected chi connectivity index (χ0v) is 13.0. The average molecular weight is 291 g/mol. The lowest BCUT2D eigenvalue weighted by molar-refractivity contribution is 0.0583. The first kappa shape index (κ1) is 15.9. The van der Waals surface area contributed by atoms with E-state index < -0.39 is 0 Å². The van der Waals surface area contributed by atoms with Gasteiger partial charge in [0.15, 0.2) is 0 Å². The van der Waals surface area contributed by atoms with Gasteiger partial charge in [-0.3, -0.25) is 4.79 Å². The molecule has 0 aliphatic heterocycles. The molecule has 1 fully saturated rings. The van der Waals surface area contributed by atoms with Crippen molar-refractivity contribution in [1.29, 1.82) is 0 Å². The minimum Gasteiger partial charge on any atom is -0.395 e. The molecule has 1 heterocycles. The fourth-order valence-corrected chi connectivity index (χ4v) is 3.07. The van der Waals surface area contributed by atoms with Crippen LogP contribution in [-0.4, -0.2) is 45.3 Å². The fourth-order valence-electron chi connectivity index (χ4n) is 3.07. The Labute approximate surface area is 126 Å². The molecule has 1 amide bonds. The van der Waals surface area contributed by atoms with Crippen LogP contribution in [0.15, 0.2) is 6.07 Å². The van der Waals surface area contributed by atoms with Gasteiger partial charge in [0, 0.05) is 12.6 Å². The summed E-state index contributed by atoms with van der Waals surface area (Å²) in [4.78, 5) is 14.8. The van der Waals surface area contributed by atoms with Gasteiger partial charge in [-0.25, -0.2) is 0 Å². The van der Waals surface area contributed by atoms with Crippen molar-refractivity contribution in [2.75, 3.05) is 13.2 Å². The second-order valence-corrected chi connectivity index (χ2v) is 5.71. The lowest BCUT2D eigenvalue weighted by Gasteiger charge is -2.34. The topological polar surface area (TPSA) is 66.3 Å². The van der Waals surface area contributed by atoms with Crippen LogP contribution in [0.1, 0.15) is 60.8 Å². The summed E-state index contributed by atoms with van der Waals surface area (Å²) in [5.74, 6) is -0.00852. The zero-order valence-electron chi connectivity index (χ0n) is 13.0. The summed E-state index contributed by atoms with van der Waals surface area (Å²) < 4.78 is 0. The Bertz CT molecular complexity index is 484. The monoisotopic (exact) mass is 291 g/mol. The predicted molar refractivity (Wildman–Crippen MR) is 81.1 cm³/mol. The molecular formula is C16H25N3O2. The standard InChI is InChI=1S/C16H25N3O2/c1-3-15-14(11-12(2)17-18-15)16(21)19(9-10-20)13-7-5-4-6-8-13/h11,13,20H,3-10H2,1-2H3. The molecule has 5 heteroatoms. The molecule has 2 rings (SSSR count). The van der Waals surface area contributed by atoms with E-state index in [1.54, 1.807) is 0 Å². The van der Waals surface area contributed by atoms with Crippen LogP contribution in [0.4, 0.5) is 0 Å². The minimum atomic E-state index is -0.00852. The molecule has 1 aliphatic carbocycles. The lowest BCUT2D eigenvalue weighted by Crippen LogP contribution is -2.43. The molecule has 1 aromatic heterocycles. The molecule has 1 N–H and O–H groups in total. The Morgan fingerprint density at radius 2 is 2.05 bits per heavy atom. The van der Waals surface area contributed by atoms with Gasteiger partial charge in [0.25, 0.3) is 5.91 Å². The summed E-state index contributed by atoms with van der Waals surface area (Å²) in [5, 5.41) is 17.5. The average Bonchev–Trinajstić information content (AvgIpc) is 2.52. The van der Waals surface area contributed by atoms with Crippen LogP contribution in [0.25, 0.3) is 0 Å². The van der Waals surface area contributed by atoms with Crippen LogP contribution < -0.4 is 0 Å². The molecule has 1 aliphatic rings. The molecule has 21 heavy (non-hydrogen) atoms. The molecule has 0 saturated heterocycles. The summed E-state index contributed by atoms with van der Waals surface area (Å²) in [6, 6.07) is 2.07. The number of aryl methyl sites for hydroxylation is 2. The third-order valence-corrected chi connectivity index (χ3v) is 4.18. The van der Waals surface area contributed by atoms with Gasteiger partial charge in [-0.2, -0.15) is 10.2 Å². The number of rotatable bonds is 5. The maximum absolute atomic E-state index is 12.9. The van der Waals surface area contributed by atoms with Gasteiger partial charge in [0.2, 0.25) is 0 Å². The van der Waals surface area contributed by atoms with Crippen molar-refractivity contribution < 1.29 is 9.90 Å². The van der Waals surface area contributed by atoms with E-state index in [2.05, 4.69) is 10.2 Å². The van der Waals surface area contributed by atoms with Gasteiger partial charge >= 0.3 is 0 Å². The summed E-state index contributed by atoms with van der Waals surface area (Å²) in [7, 11) is 0. The summed E-state index contributed by atoms with van der Waals surface area (Å²) in [6.45, 7) is 4.22. The number of hydrogen-bond donors (Lipinski definition) is 1. The van der Waals surface area contributed by atoms with Crippen molar-refractivity contribution in [3.63, 3.8) is 0 Å². The van der Waals surface area contributed by atoms with Crippen LogP contribution in [0.3, 0.4) is 0 Å². The Kier molecular flexibility index (Phi) is 5.67. The normalized spacial score (nSPS) is 16.0. The molecule has 116 valence electrons. The summed E-state index contributed by atoms with van der Waals surface area (Å²) in [5.41, 5.74) is 2.14. The summed E-state index contributed by atoms with van der Waals surface area (Å²) >= 11 is 0. The number of aromatic nitrogens is 2. The van der Waals surface area contributed by atoms with Gasteiger partial charge in [-0.05, 0) is 32.3 Å². The second-order valence-electron chi connectivity index (χ2n) is 5.71. The van der Waals surface area contributed by atoms with Crippen LogP contribution in [0.2, 0.25) is 0 Å². The SMILES string of the molecule is CCc1nnc(C)cc1C(=O)N(CCO)C1CCCCC1. The van der Waals surface area contributed by atoms with E-state index in [0.29, 0.717) is 18.5 Å². The third kappa shape index (κ3) is 3.79. The number of aliphatic hydroxyl groups is 1. The van der Waals surface area contributed by atoms with Crippen LogP contribution in [0, 0.1) is 6.92 Å². The van der Waals surface area contributed by atoms with Gasteiger partial charge in [-0.1, -0.05) is 26.2 Å². The Balaban J connectivity index is 2.27. The van der Waals surface area contributed by atoms with E-state index in [1.165, 1.54) is 6.42 Å². The number of amides is 1. The molecule has 0 aromatic carbocycles. The quantitative estimate of drug-likeness (QED) is 0.902. The molecule has 0 unspecified atom stereocenters. The van der Waals surface area contributed by atoms with E-state index in [9.17, 15) is 9.90 Å². The largest absolute Gasteiger partial charge is 0.395 e. The van der Waals surface area contributed by atoms with Crippen LogP contribution in [-0.2, 0) is 6.42 Å².